The fourth-order valence-electron chi connectivity index (χ4n) is 3.96. The van der Waals surface area contributed by atoms with Crippen molar-refractivity contribution in [3.63, 3.8) is 0 Å². The van der Waals surface area contributed by atoms with Gasteiger partial charge in [-0.2, -0.15) is 0 Å². The van der Waals surface area contributed by atoms with Gasteiger partial charge in [0.1, 0.15) is 22.3 Å². The first-order valence-corrected chi connectivity index (χ1v) is 10.6. The number of nitrogens with one attached hydrogen (secondary N) is 2. The van der Waals surface area contributed by atoms with E-state index >= 15 is 0 Å². The van der Waals surface area contributed by atoms with Gasteiger partial charge in [0, 0.05) is 55.6 Å². The van der Waals surface area contributed by atoms with E-state index < -0.39 is 0 Å². The van der Waals surface area contributed by atoms with Crippen LogP contribution in [0.4, 0.5) is 17.3 Å². The van der Waals surface area contributed by atoms with Crippen molar-refractivity contribution < 1.29 is 4.74 Å². The third kappa shape index (κ3) is 3.61. The maximum absolute atomic E-state index is 5.66. The molecule has 4 aromatic rings. The molecule has 0 unspecified atom stereocenters. The smallest absolute Gasteiger partial charge is 0.227 e. The summed E-state index contributed by atoms with van der Waals surface area (Å²) in [5.41, 5.74) is 4.54. The molecule has 9 heteroatoms. The molecule has 0 amide bonds. The fraction of sp³-hybridized carbons (Fsp3) is 0.364. The summed E-state index contributed by atoms with van der Waals surface area (Å²) in [5.74, 6) is 1.26. The van der Waals surface area contributed by atoms with E-state index in [0.29, 0.717) is 5.95 Å². The quantitative estimate of drug-likeness (QED) is 0.511. The normalized spacial score (nSPS) is 14.5. The summed E-state index contributed by atoms with van der Waals surface area (Å²) in [6, 6.07) is 10.3. The van der Waals surface area contributed by atoms with E-state index in [1.807, 2.05) is 29.1 Å². The minimum Gasteiger partial charge on any atom is -0.494 e. The Kier molecular flexibility index (Phi) is 5.03. The highest BCUT2D eigenvalue weighted by molar-refractivity contribution is 6.01. The molecule has 0 bridgehead atoms. The van der Waals surface area contributed by atoms with Crippen molar-refractivity contribution in [2.75, 3.05) is 43.5 Å². The summed E-state index contributed by atoms with van der Waals surface area (Å²) in [7, 11) is 1.68. The van der Waals surface area contributed by atoms with Crippen LogP contribution in [0.5, 0.6) is 5.75 Å². The zero-order valence-corrected chi connectivity index (χ0v) is 18.0. The molecule has 31 heavy (non-hydrogen) atoms. The van der Waals surface area contributed by atoms with Gasteiger partial charge in [0.15, 0.2) is 0 Å². The van der Waals surface area contributed by atoms with Crippen LogP contribution in [-0.4, -0.2) is 58.3 Å². The van der Waals surface area contributed by atoms with E-state index in [9.17, 15) is 0 Å². The van der Waals surface area contributed by atoms with Gasteiger partial charge in [-0.15, -0.1) is 5.10 Å². The standard InChI is InChI=1S/C22H26N8O/c1-14(2)30-21-18(27-28-30)6-4-15-13-24-22(26-20(15)21)25-17-7-5-16(12-19(17)31-3)29-10-8-23-9-11-29/h4-7,12-14,23H,8-11H2,1-3H3,(H,24,25,26). The largest absolute Gasteiger partial charge is 0.494 e. The Hall–Kier alpha value is -3.46. The summed E-state index contributed by atoms with van der Waals surface area (Å²) < 4.78 is 7.56. The maximum atomic E-state index is 5.66. The lowest BCUT2D eigenvalue weighted by Gasteiger charge is -2.30. The molecule has 2 aromatic carbocycles. The van der Waals surface area contributed by atoms with Crippen molar-refractivity contribution >= 4 is 39.3 Å². The molecular formula is C22H26N8O. The Bertz CT molecular complexity index is 1230. The summed E-state index contributed by atoms with van der Waals surface area (Å²) >= 11 is 0. The lowest BCUT2D eigenvalue weighted by atomic mass is 10.2. The van der Waals surface area contributed by atoms with Crippen molar-refractivity contribution in [3.05, 3.63) is 36.5 Å². The molecule has 5 rings (SSSR count). The van der Waals surface area contributed by atoms with Gasteiger partial charge < -0.3 is 20.3 Å². The molecular weight excluding hydrogens is 392 g/mol. The molecule has 160 valence electrons. The molecule has 2 aromatic heterocycles. The molecule has 1 saturated heterocycles. The number of methoxy groups -OCH3 is 1. The van der Waals surface area contributed by atoms with Crippen LogP contribution in [0.25, 0.3) is 21.9 Å². The second kappa shape index (κ2) is 7.99. The first-order valence-electron chi connectivity index (χ1n) is 10.6. The average Bonchev–Trinajstić information content (AvgIpc) is 3.25. The van der Waals surface area contributed by atoms with Crippen LogP contribution in [0.15, 0.2) is 36.5 Å². The first kappa shape index (κ1) is 19.5. The van der Waals surface area contributed by atoms with Crippen LogP contribution in [0.2, 0.25) is 0 Å². The molecule has 1 fully saturated rings. The topological polar surface area (TPSA) is 93.0 Å². The number of ether oxygens (including phenoxy) is 1. The number of piperazine rings is 1. The first-order chi connectivity index (χ1) is 15.1. The summed E-state index contributed by atoms with van der Waals surface area (Å²) in [6.45, 7) is 8.11. The molecule has 9 nitrogen and oxygen atoms in total. The van der Waals surface area contributed by atoms with Gasteiger partial charge in [-0.25, -0.2) is 14.6 Å². The van der Waals surface area contributed by atoms with E-state index in [0.717, 1.165) is 65.2 Å². The van der Waals surface area contributed by atoms with E-state index in [-0.39, 0.29) is 6.04 Å². The van der Waals surface area contributed by atoms with Gasteiger partial charge in [0.2, 0.25) is 5.95 Å². The lowest BCUT2D eigenvalue weighted by molar-refractivity contribution is 0.416. The van der Waals surface area contributed by atoms with Crippen molar-refractivity contribution in [1.82, 2.24) is 30.3 Å². The van der Waals surface area contributed by atoms with E-state index in [4.69, 9.17) is 9.72 Å². The van der Waals surface area contributed by atoms with Gasteiger partial charge in [-0.3, -0.25) is 0 Å². The number of hydrogen-bond acceptors (Lipinski definition) is 8. The number of aromatic nitrogens is 5. The van der Waals surface area contributed by atoms with Crippen LogP contribution in [0.3, 0.4) is 0 Å². The SMILES string of the molecule is COc1cc(N2CCNCC2)ccc1Nc1ncc2ccc3nnn(C(C)C)c3c2n1. The third-order valence-corrected chi connectivity index (χ3v) is 5.59. The van der Waals surface area contributed by atoms with E-state index in [1.54, 1.807) is 7.11 Å². The van der Waals surface area contributed by atoms with Gasteiger partial charge in [-0.1, -0.05) is 5.21 Å². The van der Waals surface area contributed by atoms with Gasteiger partial charge >= 0.3 is 0 Å². The Balaban J connectivity index is 1.51. The number of hydrogen-bond donors (Lipinski definition) is 2. The zero-order valence-electron chi connectivity index (χ0n) is 18.0. The number of fused-ring (bicyclic) bond motifs is 3. The average molecular weight is 419 g/mol. The number of anilines is 3. The second-order valence-electron chi connectivity index (χ2n) is 7.94. The van der Waals surface area contributed by atoms with Crippen molar-refractivity contribution in [2.24, 2.45) is 0 Å². The summed E-state index contributed by atoms with van der Waals surface area (Å²) in [4.78, 5) is 11.7. The number of rotatable bonds is 5. The molecule has 0 spiro atoms. The molecule has 1 aliphatic rings. The van der Waals surface area contributed by atoms with Gasteiger partial charge in [0.05, 0.1) is 12.8 Å². The van der Waals surface area contributed by atoms with Crippen molar-refractivity contribution in [2.45, 2.75) is 19.9 Å². The van der Waals surface area contributed by atoms with Crippen molar-refractivity contribution in [1.29, 1.82) is 0 Å². The zero-order chi connectivity index (χ0) is 21.4. The molecule has 0 atom stereocenters. The number of nitrogens with zero attached hydrogens (tertiary/aromatic N) is 6. The van der Waals surface area contributed by atoms with Crippen LogP contribution < -0.4 is 20.3 Å². The van der Waals surface area contributed by atoms with Crippen LogP contribution in [0, 0.1) is 0 Å². The molecule has 0 aliphatic carbocycles. The highest BCUT2D eigenvalue weighted by Gasteiger charge is 2.16. The Morgan fingerprint density at radius 1 is 1.13 bits per heavy atom. The van der Waals surface area contributed by atoms with Crippen LogP contribution in [0.1, 0.15) is 19.9 Å². The highest BCUT2D eigenvalue weighted by Crippen LogP contribution is 2.32. The molecule has 2 N–H and O–H groups in total. The van der Waals surface area contributed by atoms with E-state index in [2.05, 4.69) is 56.8 Å². The molecule has 1 aliphatic heterocycles. The van der Waals surface area contributed by atoms with E-state index in [1.165, 1.54) is 0 Å². The maximum Gasteiger partial charge on any atom is 0.227 e. The van der Waals surface area contributed by atoms with Gasteiger partial charge in [-0.05, 0) is 38.1 Å². The minimum absolute atomic E-state index is 0.180. The summed E-state index contributed by atoms with van der Waals surface area (Å²) in [6.07, 6.45) is 1.82. The monoisotopic (exact) mass is 418 g/mol. The predicted molar refractivity (Wildman–Crippen MR) is 122 cm³/mol. The Morgan fingerprint density at radius 2 is 1.97 bits per heavy atom. The second-order valence-corrected chi connectivity index (χ2v) is 7.94. The highest BCUT2D eigenvalue weighted by atomic mass is 16.5. The van der Waals surface area contributed by atoms with Crippen LogP contribution >= 0.6 is 0 Å². The van der Waals surface area contributed by atoms with Crippen LogP contribution in [-0.2, 0) is 0 Å². The predicted octanol–water partition coefficient (Wildman–Crippen LogP) is 3.12. The Morgan fingerprint density at radius 3 is 2.74 bits per heavy atom. The van der Waals surface area contributed by atoms with Gasteiger partial charge in [0.25, 0.3) is 0 Å². The third-order valence-electron chi connectivity index (χ3n) is 5.59. The lowest BCUT2D eigenvalue weighted by Crippen LogP contribution is -2.43. The molecule has 0 saturated carbocycles. The fourth-order valence-corrected chi connectivity index (χ4v) is 3.96. The Labute approximate surface area is 180 Å². The van der Waals surface area contributed by atoms with Crippen molar-refractivity contribution in [3.8, 4) is 5.75 Å². The summed E-state index contributed by atoms with van der Waals surface area (Å²) in [5, 5.41) is 16.2. The number of benzene rings is 2. The minimum atomic E-state index is 0.180. The molecule has 3 heterocycles. The molecule has 0 radical (unpaired) electrons.